The van der Waals surface area contributed by atoms with Crippen molar-refractivity contribution >= 4 is 52.3 Å². The quantitative estimate of drug-likeness (QED) is 0.289. The number of nitrogens with zero attached hydrogens (tertiary/aromatic N) is 5. The van der Waals surface area contributed by atoms with Gasteiger partial charge in [-0.1, -0.05) is 12.0 Å². The number of ether oxygens (including phenoxy) is 1. The van der Waals surface area contributed by atoms with Crippen molar-refractivity contribution in [3.05, 3.63) is 47.7 Å². The van der Waals surface area contributed by atoms with Crippen LogP contribution in [-0.2, 0) is 0 Å². The van der Waals surface area contributed by atoms with Crippen LogP contribution in [0.1, 0.15) is 24.8 Å². The van der Waals surface area contributed by atoms with Crippen molar-refractivity contribution in [1.29, 1.82) is 0 Å². The number of aromatic nitrogens is 3. The first-order valence-corrected chi connectivity index (χ1v) is 14.6. The Morgan fingerprint density at radius 1 is 1.13 bits per heavy atom. The fraction of sp³-hybridized carbons (Fsp3) is 0.406. The zero-order chi connectivity index (χ0) is 29.6. The Hall–Kier alpha value is -3.56. The number of alkyl halides is 1. The lowest BCUT2D eigenvalue weighted by atomic mass is 9.95. The number of hydrogen-bond donors (Lipinski definition) is 2. The van der Waals surface area contributed by atoms with E-state index in [1.807, 2.05) is 0 Å². The number of hydrogen-bond acceptors (Lipinski definition) is 8. The predicted molar refractivity (Wildman–Crippen MR) is 170 cm³/mol. The first-order chi connectivity index (χ1) is 20.8. The highest BCUT2D eigenvalue weighted by Gasteiger charge is 2.54. The number of phenolic OH excluding ortho intramolecular Hbond substituents is 1. The summed E-state index contributed by atoms with van der Waals surface area (Å²) in [6.45, 7) is 2.72. The number of nitrogens with two attached hydrogens (primary N) is 1. The Labute approximate surface area is 270 Å². The molecule has 8 nitrogen and oxygen atoms in total. The highest BCUT2D eigenvalue weighted by molar-refractivity contribution is 6.03. The van der Waals surface area contributed by atoms with Crippen molar-refractivity contribution in [2.45, 2.75) is 37.0 Å². The molecule has 0 bridgehead atoms. The summed E-state index contributed by atoms with van der Waals surface area (Å²) in [4.78, 5) is 17.8. The van der Waals surface area contributed by atoms with Crippen molar-refractivity contribution in [3.63, 3.8) is 0 Å². The molecule has 5 atom stereocenters. The molecular weight excluding hydrogens is 628 g/mol. The second-order valence-electron chi connectivity index (χ2n) is 12.3. The molecule has 5 heterocycles. The largest absolute Gasteiger partial charge is 0.508 e. The molecule has 3 aliphatic heterocycles. The average Bonchev–Trinajstić information content (AvgIpc) is 3.36. The molecule has 1 unspecified atom stereocenters. The third-order valence-corrected chi connectivity index (χ3v) is 9.89. The highest BCUT2D eigenvalue weighted by atomic mass is 35.5. The van der Waals surface area contributed by atoms with E-state index < -0.39 is 23.3 Å². The molecule has 4 aliphatic rings. The molecule has 2 aromatic carbocycles. The van der Waals surface area contributed by atoms with Crippen molar-refractivity contribution in [2.24, 2.45) is 17.6 Å². The maximum absolute atomic E-state index is 16.6. The number of aromatic hydroxyl groups is 1. The zero-order valence-corrected chi connectivity index (χ0v) is 25.7. The summed E-state index contributed by atoms with van der Waals surface area (Å²) in [6, 6.07) is 5.57. The lowest BCUT2D eigenvalue weighted by Gasteiger charge is -2.31. The monoisotopic (exact) mass is 658 g/mol. The fourth-order valence-corrected chi connectivity index (χ4v) is 7.66. The topological polar surface area (TPSA) is 101 Å². The molecule has 1 aliphatic carbocycles. The van der Waals surface area contributed by atoms with Crippen LogP contribution in [0.4, 0.5) is 19.0 Å². The van der Waals surface area contributed by atoms with Gasteiger partial charge in [0.1, 0.15) is 41.4 Å². The molecule has 0 amide bonds. The SMILES string of the molecule is C#Cc1c(F)ccc2cc(O)cc(-c3ncc4c(N5C[C@@H]6C(N)[C@@H]6C5)nc(OC[C@@]56CCCN5C[C@H](F)C6)nc4c3F)c12.Cl.Cl. The first-order valence-electron chi connectivity index (χ1n) is 14.6. The minimum Gasteiger partial charge on any atom is -0.508 e. The molecule has 1 saturated carbocycles. The van der Waals surface area contributed by atoms with E-state index in [1.54, 1.807) is 0 Å². The number of halogens is 5. The third kappa shape index (κ3) is 4.90. The van der Waals surface area contributed by atoms with Crippen LogP contribution in [-0.4, -0.2) is 75.5 Å². The van der Waals surface area contributed by atoms with Crippen LogP contribution < -0.4 is 15.4 Å². The van der Waals surface area contributed by atoms with Crippen LogP contribution in [0.25, 0.3) is 32.9 Å². The van der Waals surface area contributed by atoms with Gasteiger partial charge in [0.2, 0.25) is 0 Å². The van der Waals surface area contributed by atoms with E-state index in [0.29, 0.717) is 54.5 Å². The van der Waals surface area contributed by atoms with E-state index in [1.165, 1.54) is 30.5 Å². The van der Waals surface area contributed by atoms with E-state index in [0.717, 1.165) is 19.4 Å². The van der Waals surface area contributed by atoms with Crippen LogP contribution in [0.2, 0.25) is 0 Å². The maximum atomic E-state index is 16.6. The number of anilines is 1. The van der Waals surface area contributed by atoms with Crippen molar-refractivity contribution in [1.82, 2.24) is 19.9 Å². The Balaban J connectivity index is 0.00000179. The number of fused-ring (bicyclic) bond motifs is 4. The number of benzene rings is 2. The van der Waals surface area contributed by atoms with Gasteiger partial charge in [0.15, 0.2) is 5.82 Å². The van der Waals surface area contributed by atoms with Gasteiger partial charge in [-0.15, -0.1) is 31.2 Å². The van der Waals surface area contributed by atoms with Gasteiger partial charge in [-0.2, -0.15) is 9.97 Å². The number of terminal acetylenes is 1. The lowest BCUT2D eigenvalue weighted by molar-refractivity contribution is 0.107. The Morgan fingerprint density at radius 2 is 1.91 bits per heavy atom. The van der Waals surface area contributed by atoms with Crippen molar-refractivity contribution < 1.29 is 23.0 Å². The van der Waals surface area contributed by atoms with E-state index in [9.17, 15) is 13.9 Å². The first kappa shape index (κ1) is 31.4. The van der Waals surface area contributed by atoms with Crippen LogP contribution >= 0.6 is 24.8 Å². The maximum Gasteiger partial charge on any atom is 0.319 e. The third-order valence-electron chi connectivity index (χ3n) is 9.89. The van der Waals surface area contributed by atoms with Gasteiger partial charge in [0.25, 0.3) is 0 Å². The minimum absolute atomic E-state index is 0. The molecule has 0 spiro atoms. The molecule has 2 aromatic heterocycles. The minimum atomic E-state index is -0.918. The number of phenols is 1. The normalized spacial score (nSPS) is 26.7. The average molecular weight is 660 g/mol. The molecule has 8 rings (SSSR count). The van der Waals surface area contributed by atoms with Gasteiger partial charge in [-0.3, -0.25) is 9.88 Å². The smallest absolute Gasteiger partial charge is 0.319 e. The summed E-state index contributed by atoms with van der Waals surface area (Å²) in [5.74, 6) is 1.95. The van der Waals surface area contributed by atoms with Crippen LogP contribution in [0.15, 0.2) is 30.5 Å². The van der Waals surface area contributed by atoms with Crippen LogP contribution in [0.3, 0.4) is 0 Å². The molecule has 3 saturated heterocycles. The number of rotatable bonds is 5. The molecular formula is C32H31Cl2F3N6O2. The summed E-state index contributed by atoms with van der Waals surface area (Å²) >= 11 is 0. The van der Waals surface area contributed by atoms with Crippen molar-refractivity contribution in [2.75, 3.05) is 37.7 Å². The summed E-state index contributed by atoms with van der Waals surface area (Å²) < 4.78 is 51.9. The van der Waals surface area contributed by atoms with Gasteiger partial charge in [-0.25, -0.2) is 13.2 Å². The molecule has 45 heavy (non-hydrogen) atoms. The van der Waals surface area contributed by atoms with Gasteiger partial charge >= 0.3 is 6.01 Å². The van der Waals surface area contributed by atoms with E-state index in [4.69, 9.17) is 21.9 Å². The standard InChI is InChI=1S/C32H29F3N6O2.2ClH/c1-2-19-24(34)5-4-16-8-18(42)9-20(25(16)19)28-26(35)29-21(11-37-28)30(40-13-22-23(14-40)27(22)36)39-31(38-29)43-15-32-6-3-7-41(32)12-17(33)10-32;;/h1,4-5,8-9,11,17,22-23,27,42H,3,6-7,10,12-15,36H2;2*1H/t17-,22-,23+,27?,32+;;/m1../s1. The lowest BCUT2D eigenvalue weighted by Crippen LogP contribution is -2.43. The van der Waals surface area contributed by atoms with E-state index in [-0.39, 0.29) is 76.9 Å². The highest BCUT2D eigenvalue weighted by Crippen LogP contribution is 2.47. The van der Waals surface area contributed by atoms with Crippen molar-refractivity contribution in [3.8, 4) is 35.4 Å². The molecule has 4 fully saturated rings. The zero-order valence-electron chi connectivity index (χ0n) is 24.0. The Kier molecular flexibility index (Phi) is 7.93. The summed E-state index contributed by atoms with van der Waals surface area (Å²) in [5, 5.41) is 11.6. The Morgan fingerprint density at radius 3 is 2.67 bits per heavy atom. The summed E-state index contributed by atoms with van der Waals surface area (Å²) in [6.07, 6.45) is 8.36. The molecule has 4 aromatic rings. The van der Waals surface area contributed by atoms with E-state index >= 15 is 4.39 Å². The fourth-order valence-electron chi connectivity index (χ4n) is 7.66. The molecule has 3 N–H and O–H groups in total. The van der Waals surface area contributed by atoms with Crippen LogP contribution in [0.5, 0.6) is 11.8 Å². The summed E-state index contributed by atoms with van der Waals surface area (Å²) in [5.41, 5.74) is 5.65. The molecule has 0 radical (unpaired) electrons. The van der Waals surface area contributed by atoms with Gasteiger partial charge in [0, 0.05) is 49.2 Å². The predicted octanol–water partition coefficient (Wildman–Crippen LogP) is 5.00. The van der Waals surface area contributed by atoms with E-state index in [2.05, 4.69) is 25.7 Å². The Bertz CT molecular complexity index is 1860. The number of piperidine rings is 1. The van der Waals surface area contributed by atoms with Gasteiger partial charge in [-0.05, 0) is 54.8 Å². The molecule has 236 valence electrons. The van der Waals surface area contributed by atoms with Crippen LogP contribution in [0, 0.1) is 35.8 Å². The molecule has 13 heteroatoms. The second-order valence-corrected chi connectivity index (χ2v) is 12.3. The van der Waals surface area contributed by atoms with Gasteiger partial charge in [0.05, 0.1) is 16.5 Å². The van der Waals surface area contributed by atoms with Gasteiger partial charge < -0.3 is 20.5 Å². The summed E-state index contributed by atoms with van der Waals surface area (Å²) in [7, 11) is 0. The number of pyridine rings is 1. The second kappa shape index (κ2) is 11.4.